The van der Waals surface area contributed by atoms with Crippen LogP contribution in [0, 0.1) is 0 Å². The van der Waals surface area contributed by atoms with E-state index >= 15 is 0 Å². The van der Waals surface area contributed by atoms with Gasteiger partial charge >= 0.3 is 12.1 Å². The number of rotatable bonds is 4. The van der Waals surface area contributed by atoms with Crippen molar-refractivity contribution in [2.45, 2.75) is 13.0 Å². The molecule has 1 fully saturated rings. The summed E-state index contributed by atoms with van der Waals surface area (Å²) in [5, 5.41) is 6.49. The lowest BCUT2D eigenvalue weighted by atomic mass is 10.1. The van der Waals surface area contributed by atoms with Crippen molar-refractivity contribution in [1.82, 2.24) is 15.2 Å². The number of halogens is 2. The second-order valence-corrected chi connectivity index (χ2v) is 7.56. The maximum absolute atomic E-state index is 12.6. The number of urea groups is 2. The monoisotopic (exact) mass is 436 g/mol. The van der Waals surface area contributed by atoms with Gasteiger partial charge in [0, 0.05) is 38.1 Å². The van der Waals surface area contributed by atoms with Gasteiger partial charge in [0.25, 0.3) is 0 Å². The molecule has 0 bridgehead atoms. The summed E-state index contributed by atoms with van der Waals surface area (Å²) >= 11 is 12.1. The van der Waals surface area contributed by atoms with E-state index in [4.69, 9.17) is 28.9 Å². The number of hydrogen-bond acceptors (Lipinski definition) is 4. The molecule has 1 unspecified atom stereocenters. The second-order valence-electron chi connectivity index (χ2n) is 6.72. The summed E-state index contributed by atoms with van der Waals surface area (Å²) in [5.41, 5.74) is 6.62. The van der Waals surface area contributed by atoms with Crippen LogP contribution in [0.1, 0.15) is 18.5 Å². The fourth-order valence-corrected chi connectivity index (χ4v) is 3.62. The molecule has 2 heterocycles. The Kier molecular flexibility index (Phi) is 6.66. The van der Waals surface area contributed by atoms with Crippen molar-refractivity contribution < 1.29 is 9.59 Å². The van der Waals surface area contributed by atoms with Gasteiger partial charge in [-0.25, -0.2) is 14.6 Å². The van der Waals surface area contributed by atoms with Crippen LogP contribution < -0.4 is 21.3 Å². The molecular weight excluding hydrogens is 415 g/mol. The maximum atomic E-state index is 12.6. The first-order chi connectivity index (χ1) is 13.8. The summed E-state index contributed by atoms with van der Waals surface area (Å²) in [6, 6.07) is 7.88. The zero-order chi connectivity index (χ0) is 21.0. The van der Waals surface area contributed by atoms with Crippen LogP contribution in [0.4, 0.5) is 21.1 Å². The van der Waals surface area contributed by atoms with Crippen molar-refractivity contribution in [3.63, 3.8) is 0 Å². The number of pyridine rings is 1. The van der Waals surface area contributed by atoms with Crippen LogP contribution in [0.2, 0.25) is 10.0 Å². The molecule has 4 N–H and O–H groups in total. The molecule has 1 aromatic carbocycles. The molecule has 29 heavy (non-hydrogen) atoms. The number of piperazine rings is 1. The molecule has 154 valence electrons. The Balaban J connectivity index is 1.53. The predicted molar refractivity (Wildman–Crippen MR) is 115 cm³/mol. The first-order valence-corrected chi connectivity index (χ1v) is 9.87. The van der Waals surface area contributed by atoms with Crippen LogP contribution in [0.25, 0.3) is 0 Å². The van der Waals surface area contributed by atoms with Crippen LogP contribution in [0.15, 0.2) is 36.5 Å². The van der Waals surface area contributed by atoms with Crippen LogP contribution in [-0.4, -0.2) is 48.1 Å². The third kappa shape index (κ3) is 5.42. The summed E-state index contributed by atoms with van der Waals surface area (Å²) < 4.78 is 0. The van der Waals surface area contributed by atoms with Gasteiger partial charge in [-0.2, -0.15) is 0 Å². The zero-order valence-electron chi connectivity index (χ0n) is 15.9. The Hall–Kier alpha value is -2.71. The molecule has 1 atom stereocenters. The maximum Gasteiger partial charge on any atom is 0.317 e. The summed E-state index contributed by atoms with van der Waals surface area (Å²) in [7, 11) is 0. The van der Waals surface area contributed by atoms with Gasteiger partial charge in [0.2, 0.25) is 0 Å². The van der Waals surface area contributed by atoms with E-state index in [0.717, 1.165) is 5.56 Å². The minimum absolute atomic E-state index is 0.133. The molecule has 1 aliphatic rings. The number of nitrogens with two attached hydrogens (primary N) is 1. The van der Waals surface area contributed by atoms with Crippen molar-refractivity contribution in [3.8, 4) is 0 Å². The third-order valence-electron chi connectivity index (χ3n) is 4.67. The molecular formula is C19H22Cl2N6O2. The van der Waals surface area contributed by atoms with Gasteiger partial charge in [-0.15, -0.1) is 0 Å². The van der Waals surface area contributed by atoms with Crippen LogP contribution in [-0.2, 0) is 0 Å². The Morgan fingerprint density at radius 3 is 2.38 bits per heavy atom. The number of primary amides is 1. The Morgan fingerprint density at radius 2 is 1.79 bits per heavy atom. The lowest BCUT2D eigenvalue weighted by Gasteiger charge is -2.36. The summed E-state index contributed by atoms with van der Waals surface area (Å²) in [6.45, 7) is 4.27. The summed E-state index contributed by atoms with van der Waals surface area (Å²) in [6.07, 6.45) is 1.56. The highest BCUT2D eigenvalue weighted by Gasteiger charge is 2.24. The molecule has 4 amide bonds. The minimum atomic E-state index is -0.617. The number of aromatic nitrogens is 1. The molecule has 0 spiro atoms. The fraction of sp³-hybridized carbons (Fsp3) is 0.316. The Bertz CT molecular complexity index is 885. The normalized spacial score (nSPS) is 15.0. The van der Waals surface area contributed by atoms with Crippen LogP contribution in [0.5, 0.6) is 0 Å². The van der Waals surface area contributed by atoms with Crippen molar-refractivity contribution in [2.75, 3.05) is 36.4 Å². The van der Waals surface area contributed by atoms with Gasteiger partial charge in [0.1, 0.15) is 5.82 Å². The highest BCUT2D eigenvalue weighted by atomic mass is 35.5. The number of nitrogens with zero attached hydrogens (tertiary/aromatic N) is 3. The van der Waals surface area contributed by atoms with E-state index in [9.17, 15) is 9.59 Å². The Labute approximate surface area is 179 Å². The average molecular weight is 437 g/mol. The van der Waals surface area contributed by atoms with Crippen LogP contribution >= 0.6 is 23.2 Å². The SMILES string of the molecule is CC(NC(=O)N1CCN(c2ncc(Cl)cc2Cl)CC1)c1ccc(NC(N)=O)cc1. The second kappa shape index (κ2) is 9.19. The molecule has 1 aromatic heterocycles. The number of hydrogen-bond donors (Lipinski definition) is 3. The van der Waals surface area contributed by atoms with E-state index in [0.29, 0.717) is 47.7 Å². The number of carbonyl (C=O) groups is 2. The topological polar surface area (TPSA) is 104 Å². The lowest BCUT2D eigenvalue weighted by molar-refractivity contribution is 0.191. The average Bonchev–Trinajstić information content (AvgIpc) is 2.68. The van der Waals surface area contributed by atoms with E-state index in [1.807, 2.05) is 24.0 Å². The number of benzene rings is 1. The molecule has 8 nitrogen and oxygen atoms in total. The molecule has 2 aromatic rings. The first kappa shape index (κ1) is 21.0. The van der Waals surface area contributed by atoms with Crippen molar-refractivity contribution in [2.24, 2.45) is 5.73 Å². The molecule has 0 radical (unpaired) electrons. The highest BCUT2D eigenvalue weighted by molar-refractivity contribution is 6.36. The molecule has 1 saturated heterocycles. The van der Waals surface area contributed by atoms with Gasteiger partial charge < -0.3 is 26.2 Å². The first-order valence-electron chi connectivity index (χ1n) is 9.11. The van der Waals surface area contributed by atoms with Gasteiger partial charge in [0.05, 0.1) is 16.1 Å². The van der Waals surface area contributed by atoms with Crippen molar-refractivity contribution >= 4 is 46.8 Å². The molecule has 3 rings (SSSR count). The standard InChI is InChI=1S/C19H22Cl2N6O2/c1-12(13-2-4-15(5-3-13)25-18(22)28)24-19(29)27-8-6-26(7-9-27)17-16(21)10-14(20)11-23-17/h2-5,10-12H,6-9H2,1H3,(H,24,29)(H3,22,25,28). The van der Waals surface area contributed by atoms with E-state index in [1.54, 1.807) is 29.3 Å². The van der Waals surface area contributed by atoms with Crippen molar-refractivity contribution in [1.29, 1.82) is 0 Å². The molecule has 0 aliphatic carbocycles. The van der Waals surface area contributed by atoms with Gasteiger partial charge in [-0.3, -0.25) is 0 Å². The van der Waals surface area contributed by atoms with Gasteiger partial charge in [-0.1, -0.05) is 35.3 Å². The quantitative estimate of drug-likeness (QED) is 0.682. The fourth-order valence-electron chi connectivity index (χ4n) is 3.12. The van der Waals surface area contributed by atoms with Crippen molar-refractivity contribution in [3.05, 3.63) is 52.1 Å². The smallest absolute Gasteiger partial charge is 0.317 e. The van der Waals surface area contributed by atoms with E-state index in [-0.39, 0.29) is 12.1 Å². The summed E-state index contributed by atoms with van der Waals surface area (Å²) in [4.78, 5) is 31.6. The predicted octanol–water partition coefficient (Wildman–Crippen LogP) is 3.47. The van der Waals surface area contributed by atoms with E-state index < -0.39 is 6.03 Å². The van der Waals surface area contributed by atoms with E-state index in [1.165, 1.54) is 0 Å². The minimum Gasteiger partial charge on any atom is -0.352 e. The number of carbonyl (C=O) groups excluding carboxylic acids is 2. The number of amides is 4. The van der Waals surface area contributed by atoms with Crippen LogP contribution in [0.3, 0.4) is 0 Å². The molecule has 1 aliphatic heterocycles. The Morgan fingerprint density at radius 1 is 1.14 bits per heavy atom. The number of anilines is 2. The third-order valence-corrected chi connectivity index (χ3v) is 5.16. The van der Waals surface area contributed by atoms with E-state index in [2.05, 4.69) is 15.6 Å². The van der Waals surface area contributed by atoms with Gasteiger partial charge in [0.15, 0.2) is 0 Å². The molecule has 0 saturated carbocycles. The summed E-state index contributed by atoms with van der Waals surface area (Å²) in [5.74, 6) is 0.675. The number of nitrogens with one attached hydrogen (secondary N) is 2. The highest BCUT2D eigenvalue weighted by Crippen LogP contribution is 2.27. The largest absolute Gasteiger partial charge is 0.352 e. The van der Waals surface area contributed by atoms with Gasteiger partial charge in [-0.05, 0) is 30.7 Å². The molecule has 10 heteroatoms. The zero-order valence-corrected chi connectivity index (χ0v) is 17.4. The lowest BCUT2D eigenvalue weighted by Crippen LogP contribution is -2.52.